The molecular weight excluding hydrogens is 653 g/mol. The summed E-state index contributed by atoms with van der Waals surface area (Å²) >= 11 is 0. The van der Waals surface area contributed by atoms with Gasteiger partial charge in [0.25, 0.3) is 11.8 Å². The molecule has 0 aliphatic rings. The standard InChI is InChI=1S/C35H35F3N8O4/c1-3-30(47)46-29(12-4-5-15-39)33(50)43-24-10-7-11-25(17-24)45-34-40-19-27(20-41-34)44-32(49)28-18-26(14-13-21(28)2)42-31(48)22-8-6-9-23(16-22)35(36,37)38/h3,6-11,13-14,16-20,29H,1,4-5,12,15,39H2,2H3,(H,42,48)(H,43,50)(H,44,49)(H,46,47)(H,40,41,45)/t29-/m0/s1. The second-order valence-corrected chi connectivity index (χ2v) is 11.1. The lowest BCUT2D eigenvalue weighted by atomic mass is 10.1. The van der Waals surface area contributed by atoms with Crippen LogP contribution in [-0.4, -0.2) is 46.2 Å². The van der Waals surface area contributed by atoms with Crippen LogP contribution in [0.1, 0.15) is 51.1 Å². The Kier molecular flexibility index (Phi) is 12.4. The van der Waals surface area contributed by atoms with Crippen molar-refractivity contribution in [3.05, 3.63) is 114 Å². The molecule has 0 spiro atoms. The van der Waals surface area contributed by atoms with E-state index in [1.54, 1.807) is 37.3 Å². The number of amides is 4. The van der Waals surface area contributed by atoms with Crippen LogP contribution >= 0.6 is 0 Å². The molecule has 12 nitrogen and oxygen atoms in total. The van der Waals surface area contributed by atoms with Crippen LogP contribution in [0.4, 0.5) is 41.9 Å². The minimum absolute atomic E-state index is 0.189. The molecule has 0 bridgehead atoms. The van der Waals surface area contributed by atoms with Crippen LogP contribution in [0.5, 0.6) is 0 Å². The van der Waals surface area contributed by atoms with E-state index in [0.29, 0.717) is 42.7 Å². The molecule has 15 heteroatoms. The number of nitrogens with one attached hydrogen (secondary N) is 5. The number of halogens is 3. The molecule has 0 saturated heterocycles. The summed E-state index contributed by atoms with van der Waals surface area (Å²) in [5.41, 5.74) is 6.68. The second kappa shape index (κ2) is 16.8. The van der Waals surface area contributed by atoms with Crippen LogP contribution in [0.15, 0.2) is 91.8 Å². The van der Waals surface area contributed by atoms with Gasteiger partial charge in [0.1, 0.15) is 6.04 Å². The molecule has 0 aliphatic heterocycles. The molecule has 4 amide bonds. The lowest BCUT2D eigenvalue weighted by Crippen LogP contribution is -2.43. The van der Waals surface area contributed by atoms with Crippen LogP contribution < -0.4 is 32.3 Å². The van der Waals surface area contributed by atoms with E-state index in [4.69, 9.17) is 5.73 Å². The summed E-state index contributed by atoms with van der Waals surface area (Å²) < 4.78 is 39.2. The fourth-order valence-corrected chi connectivity index (χ4v) is 4.67. The maximum atomic E-state index is 13.1. The number of alkyl halides is 3. The number of nitrogens with zero attached hydrogens (tertiary/aromatic N) is 2. The maximum absolute atomic E-state index is 13.1. The Morgan fingerprint density at radius 2 is 1.52 bits per heavy atom. The third kappa shape index (κ3) is 10.5. The smallest absolute Gasteiger partial charge is 0.341 e. The first kappa shape index (κ1) is 36.7. The summed E-state index contributed by atoms with van der Waals surface area (Å²) in [6.45, 7) is 5.59. The van der Waals surface area contributed by atoms with Gasteiger partial charge in [-0.25, -0.2) is 9.97 Å². The number of carbonyl (C=O) groups excluding carboxylic acids is 4. The summed E-state index contributed by atoms with van der Waals surface area (Å²) in [7, 11) is 0. The largest absolute Gasteiger partial charge is 0.416 e. The zero-order valence-electron chi connectivity index (χ0n) is 26.9. The molecule has 0 saturated carbocycles. The van der Waals surface area contributed by atoms with E-state index in [2.05, 4.69) is 43.1 Å². The van der Waals surface area contributed by atoms with Gasteiger partial charge in [-0.05, 0) is 92.9 Å². The fraction of sp³-hybridized carbons (Fsp3) is 0.200. The predicted octanol–water partition coefficient (Wildman–Crippen LogP) is 5.79. The second-order valence-electron chi connectivity index (χ2n) is 11.1. The van der Waals surface area contributed by atoms with E-state index in [1.807, 2.05) is 0 Å². The first-order valence-electron chi connectivity index (χ1n) is 15.4. The third-order valence-corrected chi connectivity index (χ3v) is 7.25. The van der Waals surface area contributed by atoms with Gasteiger partial charge >= 0.3 is 6.18 Å². The number of benzene rings is 3. The van der Waals surface area contributed by atoms with Crippen LogP contribution in [0.3, 0.4) is 0 Å². The number of anilines is 5. The molecular formula is C35H35F3N8O4. The molecule has 1 atom stereocenters. The molecule has 4 aromatic rings. The van der Waals surface area contributed by atoms with E-state index in [9.17, 15) is 32.3 Å². The van der Waals surface area contributed by atoms with Crippen LogP contribution in [0, 0.1) is 6.92 Å². The van der Waals surface area contributed by atoms with Crippen molar-refractivity contribution in [2.24, 2.45) is 5.73 Å². The zero-order valence-corrected chi connectivity index (χ0v) is 26.9. The summed E-state index contributed by atoms with van der Waals surface area (Å²) in [6.07, 6.45) is 1.01. The molecule has 4 rings (SSSR count). The topological polar surface area (TPSA) is 180 Å². The molecule has 1 aromatic heterocycles. The third-order valence-electron chi connectivity index (χ3n) is 7.25. The van der Waals surface area contributed by atoms with Crippen molar-refractivity contribution in [1.29, 1.82) is 0 Å². The number of nitrogens with two attached hydrogens (primary N) is 1. The SMILES string of the molecule is C=CC(=O)N[C@@H](CCCCN)C(=O)Nc1cccc(Nc2ncc(NC(=O)c3cc(NC(=O)c4cccc(C(F)(F)F)c4)ccc3C)cn2)c1. The lowest BCUT2D eigenvalue weighted by Gasteiger charge is -2.18. The Bertz CT molecular complexity index is 1870. The van der Waals surface area contributed by atoms with Gasteiger partial charge in [-0.15, -0.1) is 0 Å². The van der Waals surface area contributed by atoms with Gasteiger partial charge in [0.15, 0.2) is 0 Å². The minimum Gasteiger partial charge on any atom is -0.341 e. The van der Waals surface area contributed by atoms with E-state index < -0.39 is 41.4 Å². The zero-order chi connectivity index (χ0) is 36.3. The number of hydrogen-bond donors (Lipinski definition) is 6. The Labute approximate surface area is 285 Å². The molecule has 0 fully saturated rings. The highest BCUT2D eigenvalue weighted by molar-refractivity contribution is 6.08. The fourth-order valence-electron chi connectivity index (χ4n) is 4.67. The highest BCUT2D eigenvalue weighted by Gasteiger charge is 2.31. The van der Waals surface area contributed by atoms with Crippen LogP contribution in [0.25, 0.3) is 0 Å². The van der Waals surface area contributed by atoms with Gasteiger partial charge in [0, 0.05) is 28.2 Å². The Morgan fingerprint density at radius 1 is 0.840 bits per heavy atom. The van der Waals surface area contributed by atoms with Crippen LogP contribution in [0.2, 0.25) is 0 Å². The highest BCUT2D eigenvalue weighted by Crippen LogP contribution is 2.30. The molecule has 0 radical (unpaired) electrons. The minimum atomic E-state index is -4.60. The lowest BCUT2D eigenvalue weighted by molar-refractivity contribution is -0.137. The molecule has 1 heterocycles. The molecule has 50 heavy (non-hydrogen) atoms. The normalized spacial score (nSPS) is 11.5. The Morgan fingerprint density at radius 3 is 2.22 bits per heavy atom. The molecule has 0 unspecified atom stereocenters. The Balaban J connectivity index is 1.37. The van der Waals surface area contributed by atoms with E-state index >= 15 is 0 Å². The van der Waals surface area contributed by atoms with Crippen molar-refractivity contribution in [2.45, 2.75) is 38.4 Å². The van der Waals surface area contributed by atoms with Crippen molar-refractivity contribution in [3.8, 4) is 0 Å². The van der Waals surface area contributed by atoms with Gasteiger partial charge in [-0.3, -0.25) is 19.2 Å². The quantitative estimate of drug-likeness (QED) is 0.0712. The van der Waals surface area contributed by atoms with Crippen molar-refractivity contribution in [2.75, 3.05) is 27.8 Å². The van der Waals surface area contributed by atoms with Gasteiger partial charge in [0.2, 0.25) is 17.8 Å². The van der Waals surface area contributed by atoms with Gasteiger partial charge in [0.05, 0.1) is 23.6 Å². The number of aryl methyl sites for hydroxylation is 1. The summed E-state index contributed by atoms with van der Waals surface area (Å²) in [6, 6.07) is 14.6. The number of rotatable bonds is 14. The summed E-state index contributed by atoms with van der Waals surface area (Å²) in [5.74, 6) is -1.97. The predicted molar refractivity (Wildman–Crippen MR) is 184 cm³/mol. The average Bonchev–Trinajstić information content (AvgIpc) is 3.09. The van der Waals surface area contributed by atoms with Crippen LogP contribution in [-0.2, 0) is 15.8 Å². The molecule has 3 aromatic carbocycles. The van der Waals surface area contributed by atoms with E-state index in [0.717, 1.165) is 24.3 Å². The van der Waals surface area contributed by atoms with Crippen molar-refractivity contribution >= 4 is 52.3 Å². The van der Waals surface area contributed by atoms with Crippen molar-refractivity contribution < 1.29 is 32.3 Å². The molecule has 7 N–H and O–H groups in total. The average molecular weight is 689 g/mol. The highest BCUT2D eigenvalue weighted by atomic mass is 19.4. The van der Waals surface area contributed by atoms with E-state index in [1.165, 1.54) is 30.6 Å². The van der Waals surface area contributed by atoms with Gasteiger partial charge in [-0.1, -0.05) is 24.8 Å². The molecule has 0 aliphatic carbocycles. The molecule has 260 valence electrons. The van der Waals surface area contributed by atoms with E-state index in [-0.39, 0.29) is 28.5 Å². The number of aromatic nitrogens is 2. The maximum Gasteiger partial charge on any atom is 0.416 e. The summed E-state index contributed by atoms with van der Waals surface area (Å²) in [5, 5.41) is 13.7. The van der Waals surface area contributed by atoms with Crippen molar-refractivity contribution in [1.82, 2.24) is 15.3 Å². The summed E-state index contributed by atoms with van der Waals surface area (Å²) in [4.78, 5) is 59.0. The van der Waals surface area contributed by atoms with Gasteiger partial charge < -0.3 is 32.3 Å². The first-order chi connectivity index (χ1) is 23.9. The van der Waals surface area contributed by atoms with Gasteiger partial charge in [-0.2, -0.15) is 13.2 Å². The monoisotopic (exact) mass is 688 g/mol. The van der Waals surface area contributed by atoms with Crippen molar-refractivity contribution in [3.63, 3.8) is 0 Å². The Hall–Kier alpha value is -6.09. The number of hydrogen-bond acceptors (Lipinski definition) is 8. The number of unbranched alkanes of at least 4 members (excludes halogenated alkanes) is 1. The first-order valence-corrected chi connectivity index (χ1v) is 15.4. The number of carbonyl (C=O) groups is 4.